The topological polar surface area (TPSA) is 134 Å². The molecule has 15 heteroatoms. The van der Waals surface area contributed by atoms with E-state index < -0.39 is 21.7 Å². The summed E-state index contributed by atoms with van der Waals surface area (Å²) < 4.78 is 67.0. The summed E-state index contributed by atoms with van der Waals surface area (Å²) in [7, 11) is -2.26. The van der Waals surface area contributed by atoms with Gasteiger partial charge in [0, 0.05) is 7.05 Å². The van der Waals surface area contributed by atoms with Gasteiger partial charge in [-0.15, -0.1) is 10.2 Å². The minimum Gasteiger partial charge on any atom is -0.307 e. The average Bonchev–Trinajstić information content (AvgIpc) is 3.43. The Morgan fingerprint density at radius 2 is 1.81 bits per heavy atom. The van der Waals surface area contributed by atoms with E-state index in [1.54, 1.807) is 0 Å². The van der Waals surface area contributed by atoms with E-state index in [0.717, 1.165) is 12.4 Å². The fourth-order valence-corrected chi connectivity index (χ4v) is 3.87. The highest BCUT2D eigenvalue weighted by molar-refractivity contribution is 7.91. The van der Waals surface area contributed by atoms with Crippen LogP contribution in [0.4, 0.5) is 13.2 Å². The van der Waals surface area contributed by atoms with E-state index in [4.69, 9.17) is 0 Å². The van der Waals surface area contributed by atoms with Gasteiger partial charge in [0.1, 0.15) is 36.1 Å². The molecule has 4 rings (SSSR count). The van der Waals surface area contributed by atoms with E-state index in [9.17, 15) is 21.6 Å². The number of rotatable bonds is 5. The second kappa shape index (κ2) is 7.74. The summed E-state index contributed by atoms with van der Waals surface area (Å²) in [5.74, 6) is 0.0518. The molecule has 0 aromatic carbocycles. The van der Waals surface area contributed by atoms with E-state index >= 15 is 0 Å². The number of aromatic nitrogens is 9. The van der Waals surface area contributed by atoms with Crippen molar-refractivity contribution in [3.63, 3.8) is 0 Å². The van der Waals surface area contributed by atoms with Gasteiger partial charge in [0.05, 0.1) is 10.6 Å². The highest BCUT2D eigenvalue weighted by atomic mass is 32.2. The number of pyridine rings is 1. The lowest BCUT2D eigenvalue weighted by atomic mass is 10.3. The Kier molecular flexibility index (Phi) is 5.20. The molecule has 0 spiro atoms. The van der Waals surface area contributed by atoms with Crippen LogP contribution in [0.2, 0.25) is 0 Å². The van der Waals surface area contributed by atoms with Gasteiger partial charge >= 0.3 is 6.18 Å². The molecule has 0 bridgehead atoms. The smallest absolute Gasteiger partial charge is 0.307 e. The first kappa shape index (κ1) is 21.5. The standard InChI is InChI=1S/C17H14F3N9O2S/c1-3-32(30,31)11-4-5-13(29-9-21-7-24-29)25-14(11)16-27-26-15(28(16)2)10-6-12(17(18,19)20)23-8-22-10/h4-9H,3H2,1-2H3. The summed E-state index contributed by atoms with van der Waals surface area (Å²) in [6, 6.07) is 3.55. The molecule has 0 N–H and O–H groups in total. The summed E-state index contributed by atoms with van der Waals surface area (Å²) in [5.41, 5.74) is -1.32. The Morgan fingerprint density at radius 1 is 1.06 bits per heavy atom. The minimum absolute atomic E-state index is 0.0150. The van der Waals surface area contributed by atoms with Crippen LogP contribution < -0.4 is 0 Å². The number of nitrogens with zero attached hydrogens (tertiary/aromatic N) is 9. The summed E-state index contributed by atoms with van der Waals surface area (Å²) in [6.45, 7) is 1.48. The number of halogens is 3. The number of sulfone groups is 1. The van der Waals surface area contributed by atoms with Crippen LogP contribution >= 0.6 is 0 Å². The lowest BCUT2D eigenvalue weighted by Gasteiger charge is -2.11. The summed E-state index contributed by atoms with van der Waals surface area (Å²) >= 11 is 0. The van der Waals surface area contributed by atoms with Crippen molar-refractivity contribution < 1.29 is 21.6 Å². The summed E-state index contributed by atoms with van der Waals surface area (Å²) in [4.78, 5) is 15.2. The Labute approximate surface area is 178 Å². The Balaban J connectivity index is 1.89. The molecule has 0 saturated heterocycles. The molecule has 0 amide bonds. The number of hydrogen-bond donors (Lipinski definition) is 0. The van der Waals surface area contributed by atoms with Crippen molar-refractivity contribution in [3.8, 4) is 28.9 Å². The van der Waals surface area contributed by atoms with E-state index in [2.05, 4.69) is 35.2 Å². The van der Waals surface area contributed by atoms with Crippen molar-refractivity contribution in [2.24, 2.45) is 7.05 Å². The van der Waals surface area contributed by atoms with Gasteiger partial charge in [-0.1, -0.05) is 6.92 Å². The first-order valence-corrected chi connectivity index (χ1v) is 10.6. The summed E-state index contributed by atoms with van der Waals surface area (Å²) in [6.07, 6.45) is -1.24. The summed E-state index contributed by atoms with van der Waals surface area (Å²) in [5, 5.41) is 11.9. The van der Waals surface area contributed by atoms with Crippen molar-refractivity contribution in [2.75, 3.05) is 5.75 Å². The van der Waals surface area contributed by atoms with Gasteiger partial charge in [0.15, 0.2) is 27.3 Å². The molecular formula is C17H14F3N9O2S. The largest absolute Gasteiger partial charge is 0.433 e. The molecule has 32 heavy (non-hydrogen) atoms. The van der Waals surface area contributed by atoms with Gasteiger partial charge < -0.3 is 4.57 Å². The highest BCUT2D eigenvalue weighted by Crippen LogP contribution is 2.31. The molecule has 4 heterocycles. The number of hydrogen-bond acceptors (Lipinski definition) is 9. The molecule has 11 nitrogen and oxygen atoms in total. The second-order valence-corrected chi connectivity index (χ2v) is 8.70. The molecule has 0 atom stereocenters. The fraction of sp³-hybridized carbons (Fsp3) is 0.235. The van der Waals surface area contributed by atoms with Crippen LogP contribution in [0.25, 0.3) is 28.9 Å². The lowest BCUT2D eigenvalue weighted by molar-refractivity contribution is -0.141. The highest BCUT2D eigenvalue weighted by Gasteiger charge is 2.33. The van der Waals surface area contributed by atoms with Crippen LogP contribution in [0.1, 0.15) is 12.6 Å². The maximum atomic E-state index is 13.0. The van der Waals surface area contributed by atoms with Crippen molar-refractivity contribution in [2.45, 2.75) is 18.0 Å². The molecule has 0 radical (unpaired) electrons. The van der Waals surface area contributed by atoms with Crippen molar-refractivity contribution in [3.05, 3.63) is 42.9 Å². The molecule has 0 saturated carbocycles. The molecule has 0 unspecified atom stereocenters. The monoisotopic (exact) mass is 465 g/mol. The van der Waals surface area contributed by atoms with Gasteiger partial charge in [0.2, 0.25) is 0 Å². The van der Waals surface area contributed by atoms with E-state index in [0.29, 0.717) is 0 Å². The van der Waals surface area contributed by atoms with Gasteiger partial charge in [-0.3, -0.25) is 0 Å². The quantitative estimate of drug-likeness (QED) is 0.432. The molecule has 4 aromatic heterocycles. The Hall–Kier alpha value is -3.75. The lowest BCUT2D eigenvalue weighted by Crippen LogP contribution is -2.11. The second-order valence-electron chi connectivity index (χ2n) is 6.45. The minimum atomic E-state index is -4.67. The predicted octanol–water partition coefficient (Wildman–Crippen LogP) is 1.73. The molecule has 0 fully saturated rings. The average molecular weight is 465 g/mol. The first-order valence-electron chi connectivity index (χ1n) is 9.00. The fourth-order valence-electron chi connectivity index (χ4n) is 2.85. The Bertz CT molecular complexity index is 1380. The maximum Gasteiger partial charge on any atom is 0.433 e. The zero-order valence-corrected chi connectivity index (χ0v) is 17.4. The normalized spacial score (nSPS) is 12.3. The van der Waals surface area contributed by atoms with Crippen LogP contribution in [0.5, 0.6) is 0 Å². The molecular weight excluding hydrogens is 451 g/mol. The zero-order valence-electron chi connectivity index (χ0n) is 16.6. The van der Waals surface area contributed by atoms with Crippen LogP contribution in [-0.2, 0) is 23.1 Å². The molecule has 0 aliphatic heterocycles. The van der Waals surface area contributed by atoms with Crippen molar-refractivity contribution in [1.29, 1.82) is 0 Å². The van der Waals surface area contributed by atoms with Crippen LogP contribution in [0.15, 0.2) is 42.1 Å². The van der Waals surface area contributed by atoms with E-state index in [-0.39, 0.29) is 39.5 Å². The maximum absolute atomic E-state index is 13.0. The van der Waals surface area contributed by atoms with E-state index in [1.807, 2.05) is 0 Å². The third-order valence-corrected chi connectivity index (χ3v) is 6.25. The third-order valence-electron chi connectivity index (χ3n) is 4.49. The van der Waals surface area contributed by atoms with Gasteiger partial charge in [-0.25, -0.2) is 33.0 Å². The molecule has 166 valence electrons. The molecule has 0 aliphatic carbocycles. The van der Waals surface area contributed by atoms with Crippen LogP contribution in [-0.4, -0.2) is 58.7 Å². The van der Waals surface area contributed by atoms with Gasteiger partial charge in [0.25, 0.3) is 0 Å². The molecule has 4 aromatic rings. The van der Waals surface area contributed by atoms with Crippen LogP contribution in [0.3, 0.4) is 0 Å². The van der Waals surface area contributed by atoms with Crippen molar-refractivity contribution >= 4 is 9.84 Å². The van der Waals surface area contributed by atoms with Crippen LogP contribution in [0, 0.1) is 0 Å². The zero-order chi connectivity index (χ0) is 23.1. The van der Waals surface area contributed by atoms with Crippen molar-refractivity contribution in [1.82, 2.24) is 44.5 Å². The number of alkyl halides is 3. The third kappa shape index (κ3) is 3.81. The van der Waals surface area contributed by atoms with Gasteiger partial charge in [-0.2, -0.15) is 18.3 Å². The SMILES string of the molecule is CCS(=O)(=O)c1ccc(-n2cncn2)nc1-c1nnc(-c2cc(C(F)(F)F)ncn2)n1C. The first-order chi connectivity index (χ1) is 15.1. The van der Waals surface area contributed by atoms with E-state index in [1.165, 1.54) is 48.0 Å². The predicted molar refractivity (Wildman–Crippen MR) is 103 cm³/mol. The Morgan fingerprint density at radius 3 is 2.47 bits per heavy atom. The molecule has 0 aliphatic rings. The van der Waals surface area contributed by atoms with Gasteiger partial charge in [-0.05, 0) is 18.2 Å².